The van der Waals surface area contributed by atoms with E-state index in [1.807, 2.05) is 48.5 Å². The molecule has 334 valence electrons. The number of para-hydroxylation sites is 1. The summed E-state index contributed by atoms with van der Waals surface area (Å²) in [5, 5.41) is 13.0. The van der Waals surface area contributed by atoms with E-state index in [1.54, 1.807) is 4.90 Å². The second-order valence-electron chi connectivity index (χ2n) is 13.7. The molecule has 5 atom stereocenters. The normalized spacial score (nSPS) is 19.2. The molecule has 0 spiro atoms. The number of amides is 2. The van der Waals surface area contributed by atoms with Gasteiger partial charge in [0.25, 0.3) is 5.56 Å². The van der Waals surface area contributed by atoms with Crippen molar-refractivity contribution in [2.45, 2.75) is 63.5 Å². The van der Waals surface area contributed by atoms with Crippen molar-refractivity contribution in [3.05, 3.63) is 104 Å². The van der Waals surface area contributed by atoms with Crippen molar-refractivity contribution in [2.24, 2.45) is 0 Å². The van der Waals surface area contributed by atoms with Crippen molar-refractivity contribution in [2.75, 3.05) is 31.3 Å². The SMILES string of the molecule is O=C(CCCOCCC(=O)NC/C=C/c1cn(C2CC(O)C(COP(=O)(O)OP(=O)(O)OP(=O)(O)O)O2)c(=O)[nH]c1=O)CCC(=O)N1Cc2ccccc2C#Cc2ccccc21. The summed E-state index contributed by atoms with van der Waals surface area (Å²) in [6.45, 7) is -0.364. The Labute approximate surface area is 352 Å². The van der Waals surface area contributed by atoms with Gasteiger partial charge in [0.15, 0.2) is 0 Å². The second kappa shape index (κ2) is 21.6. The van der Waals surface area contributed by atoms with Crippen molar-refractivity contribution in [3.63, 3.8) is 0 Å². The molecule has 5 unspecified atom stereocenters. The molecular formula is C37H43N4O18P3. The van der Waals surface area contributed by atoms with Gasteiger partial charge in [-0.3, -0.25) is 33.3 Å². The number of benzene rings is 2. The number of aliphatic hydroxyl groups is 1. The molecule has 0 saturated carbocycles. The van der Waals surface area contributed by atoms with Gasteiger partial charge < -0.3 is 44.4 Å². The third-order valence-electron chi connectivity index (χ3n) is 9.05. The minimum absolute atomic E-state index is 0.00284. The van der Waals surface area contributed by atoms with Crippen molar-refractivity contribution < 1.29 is 75.4 Å². The van der Waals surface area contributed by atoms with E-state index in [1.165, 1.54) is 12.2 Å². The highest BCUT2D eigenvalue weighted by atomic mass is 31.3. The summed E-state index contributed by atoms with van der Waals surface area (Å²) in [6.07, 6.45) is 0.113. The number of Topliss-reactive ketones (excluding diaryl/α,β-unsaturated/α-hetero) is 1. The van der Waals surface area contributed by atoms with E-state index in [2.05, 4.69) is 35.3 Å². The molecule has 1 fully saturated rings. The van der Waals surface area contributed by atoms with Crippen LogP contribution in [0.15, 0.2) is 70.4 Å². The first-order valence-corrected chi connectivity index (χ1v) is 23.3. The zero-order chi connectivity index (χ0) is 45.1. The lowest BCUT2D eigenvalue weighted by Gasteiger charge is -2.26. The molecule has 0 aliphatic carbocycles. The zero-order valence-electron chi connectivity index (χ0n) is 32.6. The summed E-state index contributed by atoms with van der Waals surface area (Å²) in [4.78, 5) is 103. The van der Waals surface area contributed by atoms with Crippen LogP contribution in [0.25, 0.3) is 6.08 Å². The number of carbonyl (C=O) groups is 3. The number of hydrogen-bond acceptors (Lipinski definition) is 14. The summed E-state index contributed by atoms with van der Waals surface area (Å²) in [5.41, 5.74) is 1.38. The van der Waals surface area contributed by atoms with Crippen LogP contribution in [0.1, 0.15) is 67.0 Å². The number of aliphatic hydroxyl groups excluding tert-OH is 1. The van der Waals surface area contributed by atoms with Gasteiger partial charge in [0, 0.05) is 62.6 Å². The van der Waals surface area contributed by atoms with Gasteiger partial charge in [-0.1, -0.05) is 54.3 Å². The van der Waals surface area contributed by atoms with E-state index in [0.29, 0.717) is 18.7 Å². The average molecular weight is 925 g/mol. The van der Waals surface area contributed by atoms with Crippen molar-refractivity contribution in [1.82, 2.24) is 14.9 Å². The monoisotopic (exact) mass is 924 g/mol. The molecule has 3 aromatic rings. The molecule has 0 radical (unpaired) electrons. The van der Waals surface area contributed by atoms with E-state index in [-0.39, 0.29) is 75.0 Å². The molecule has 2 amide bonds. The number of phosphoric ester groups is 1. The van der Waals surface area contributed by atoms with Crippen LogP contribution < -0.4 is 21.5 Å². The van der Waals surface area contributed by atoms with Gasteiger partial charge in [-0.2, -0.15) is 8.62 Å². The molecule has 1 saturated heterocycles. The van der Waals surface area contributed by atoms with Gasteiger partial charge in [0.1, 0.15) is 18.1 Å². The fraction of sp³-hybridized carbons (Fsp3) is 0.378. The highest BCUT2D eigenvalue weighted by Crippen LogP contribution is 2.66. The maximum atomic E-state index is 13.4. The zero-order valence-corrected chi connectivity index (χ0v) is 35.3. The smallest absolute Gasteiger partial charge is 0.390 e. The first-order chi connectivity index (χ1) is 29.3. The lowest BCUT2D eigenvalue weighted by atomic mass is 10.0. The van der Waals surface area contributed by atoms with E-state index >= 15 is 0 Å². The summed E-state index contributed by atoms with van der Waals surface area (Å²) < 4.78 is 58.0. The first kappa shape index (κ1) is 48.4. The number of aromatic amines is 1. The number of ketones is 1. The molecular weight excluding hydrogens is 881 g/mol. The maximum Gasteiger partial charge on any atom is 0.490 e. The Morgan fingerprint density at radius 3 is 2.37 bits per heavy atom. The van der Waals surface area contributed by atoms with Crippen LogP contribution in [0.5, 0.6) is 0 Å². The number of hydrogen-bond donors (Lipinski definition) is 7. The van der Waals surface area contributed by atoms with E-state index in [4.69, 9.17) is 19.3 Å². The number of fused-ring (bicyclic) bond motifs is 2. The number of nitrogens with one attached hydrogen (secondary N) is 2. The van der Waals surface area contributed by atoms with Crippen LogP contribution in [0.4, 0.5) is 5.69 Å². The van der Waals surface area contributed by atoms with Gasteiger partial charge >= 0.3 is 29.2 Å². The lowest BCUT2D eigenvalue weighted by molar-refractivity contribution is -0.124. The van der Waals surface area contributed by atoms with Crippen LogP contribution in [0.3, 0.4) is 0 Å². The van der Waals surface area contributed by atoms with E-state index in [9.17, 15) is 52.6 Å². The van der Waals surface area contributed by atoms with Gasteiger partial charge in [0.2, 0.25) is 11.8 Å². The Morgan fingerprint density at radius 2 is 1.61 bits per heavy atom. The largest absolute Gasteiger partial charge is 0.490 e. The van der Waals surface area contributed by atoms with Crippen molar-refractivity contribution >= 4 is 52.8 Å². The lowest BCUT2D eigenvalue weighted by Crippen LogP contribution is -2.33. The molecule has 5 rings (SSSR count). The van der Waals surface area contributed by atoms with E-state index < -0.39 is 59.8 Å². The summed E-state index contributed by atoms with van der Waals surface area (Å²) in [5.74, 6) is 5.67. The van der Waals surface area contributed by atoms with Crippen molar-refractivity contribution in [1.29, 1.82) is 0 Å². The van der Waals surface area contributed by atoms with Crippen molar-refractivity contribution in [3.8, 4) is 11.8 Å². The van der Waals surface area contributed by atoms with Crippen LogP contribution in [0.2, 0.25) is 0 Å². The molecule has 7 N–H and O–H groups in total. The Morgan fingerprint density at radius 1 is 0.903 bits per heavy atom. The second-order valence-corrected chi connectivity index (χ2v) is 18.1. The fourth-order valence-corrected chi connectivity index (χ4v) is 9.17. The topological polar surface area (TPSA) is 320 Å². The van der Waals surface area contributed by atoms with Gasteiger partial charge in [-0.05, 0) is 30.2 Å². The summed E-state index contributed by atoms with van der Waals surface area (Å²) in [6, 6.07) is 15.0. The molecule has 62 heavy (non-hydrogen) atoms. The molecule has 3 heterocycles. The number of anilines is 1. The number of nitrogens with zero attached hydrogens (tertiary/aromatic N) is 2. The van der Waals surface area contributed by atoms with Gasteiger partial charge in [-0.15, -0.1) is 0 Å². The van der Waals surface area contributed by atoms with Crippen LogP contribution in [0, 0.1) is 11.8 Å². The van der Waals surface area contributed by atoms with E-state index in [0.717, 1.165) is 27.5 Å². The molecule has 1 aromatic heterocycles. The minimum atomic E-state index is -5.78. The standard InChI is InChI=1S/C37H43N4O18P3/c42-29(15-16-34(45)40-22-27-9-2-1-7-25(27)13-14-26-8-3-4-12-30(26)40)11-6-19-55-20-17-33(44)38-18-5-10-28-23-41(37(47)39-36(28)46)35-21-31(43)32(57-35)24-56-61(51,52)59-62(53,54)58-60(48,49)50/h1-5,7-10,12,23,31-32,35,43H,6,11,15-22,24H2,(H,38,44)(H,51,52)(H,53,54)(H,39,46,47)(H2,48,49,50)/b10-5+. The predicted octanol–water partition coefficient (Wildman–Crippen LogP) is 2.14. The Hall–Kier alpha value is -4.68. The van der Waals surface area contributed by atoms with Crippen LogP contribution >= 0.6 is 23.5 Å². The molecule has 25 heteroatoms. The first-order valence-electron chi connectivity index (χ1n) is 18.8. The fourth-order valence-electron chi connectivity index (χ4n) is 6.14. The number of carbonyl (C=O) groups excluding carboxylic acids is 3. The summed E-state index contributed by atoms with van der Waals surface area (Å²) in [7, 11) is -16.9. The summed E-state index contributed by atoms with van der Waals surface area (Å²) >= 11 is 0. The molecule has 2 aliphatic heterocycles. The Bertz CT molecular complexity index is 2490. The van der Waals surface area contributed by atoms with Crippen LogP contribution in [-0.4, -0.2) is 90.4 Å². The molecule has 22 nitrogen and oxygen atoms in total. The predicted molar refractivity (Wildman–Crippen MR) is 217 cm³/mol. The third kappa shape index (κ3) is 14.7. The van der Waals surface area contributed by atoms with Gasteiger partial charge in [0.05, 0.1) is 37.1 Å². The molecule has 2 aromatic carbocycles. The Kier molecular flexibility index (Phi) is 16.8. The average Bonchev–Trinajstić information content (AvgIpc) is 3.55. The highest BCUT2D eigenvalue weighted by Gasteiger charge is 2.43. The molecule has 0 bridgehead atoms. The third-order valence-corrected chi connectivity index (χ3v) is 12.9. The number of phosphoric acid groups is 3. The number of H-pyrrole nitrogens is 1. The van der Waals surface area contributed by atoms with Gasteiger partial charge in [-0.25, -0.2) is 18.5 Å². The Balaban J connectivity index is 0.988. The maximum absolute atomic E-state index is 13.4. The number of rotatable bonds is 21. The highest BCUT2D eigenvalue weighted by molar-refractivity contribution is 7.66. The van der Waals surface area contributed by atoms with Crippen LogP contribution in [-0.2, 0) is 57.2 Å². The quantitative estimate of drug-likeness (QED) is 0.0457. The molecule has 2 aliphatic rings. The number of ether oxygens (including phenoxy) is 2. The minimum Gasteiger partial charge on any atom is -0.390 e. The number of aromatic nitrogens is 2.